The number of nitrogens with two attached hydrogens (primary N) is 1. The smallest absolute Gasteiger partial charge is 0.0319 e. The molecule has 0 amide bonds. The zero-order valence-corrected chi connectivity index (χ0v) is 9.16. The lowest BCUT2D eigenvalue weighted by Gasteiger charge is -2.36. The van der Waals surface area contributed by atoms with Gasteiger partial charge in [0.15, 0.2) is 0 Å². The molecule has 0 bridgehead atoms. The summed E-state index contributed by atoms with van der Waals surface area (Å²) in [4.78, 5) is 0. The molecule has 1 aliphatic carbocycles. The molecule has 0 spiro atoms. The molecule has 0 heterocycles. The van der Waals surface area contributed by atoms with Gasteiger partial charge >= 0.3 is 0 Å². The molecule has 2 atom stereocenters. The summed E-state index contributed by atoms with van der Waals surface area (Å²) in [5.74, 6) is 6.16. The van der Waals surface area contributed by atoms with Gasteiger partial charge in [0.25, 0.3) is 0 Å². The van der Waals surface area contributed by atoms with Crippen molar-refractivity contribution in [1.29, 1.82) is 0 Å². The van der Waals surface area contributed by atoms with Gasteiger partial charge < -0.3 is 0 Å². The van der Waals surface area contributed by atoms with Crippen molar-refractivity contribution in [2.75, 3.05) is 0 Å². The molecule has 15 heavy (non-hydrogen) atoms. The van der Waals surface area contributed by atoms with Gasteiger partial charge in [-0.3, -0.25) is 11.3 Å². The van der Waals surface area contributed by atoms with E-state index in [1.54, 1.807) is 0 Å². The Labute approximate surface area is 91.2 Å². The van der Waals surface area contributed by atoms with E-state index in [2.05, 4.69) is 43.2 Å². The van der Waals surface area contributed by atoms with Crippen LogP contribution < -0.4 is 11.3 Å². The van der Waals surface area contributed by atoms with Crippen molar-refractivity contribution in [1.82, 2.24) is 5.43 Å². The first-order chi connectivity index (χ1) is 7.22. The first-order valence-corrected chi connectivity index (χ1v) is 5.40. The highest BCUT2D eigenvalue weighted by molar-refractivity contribution is 5.41. The molecule has 1 aliphatic rings. The van der Waals surface area contributed by atoms with Gasteiger partial charge in [-0.1, -0.05) is 29.8 Å². The number of rotatable bonds is 4. The zero-order chi connectivity index (χ0) is 10.8. The minimum atomic E-state index is 0.331. The van der Waals surface area contributed by atoms with Crippen LogP contribution >= 0.6 is 0 Å². The van der Waals surface area contributed by atoms with Crippen LogP contribution in [-0.2, 0) is 6.42 Å². The maximum Gasteiger partial charge on any atom is 0.0319 e. The van der Waals surface area contributed by atoms with Crippen LogP contribution in [0.2, 0.25) is 0 Å². The SMILES string of the molecule is C=C(C)CC(NN)C1Cc2ccccc21. The topological polar surface area (TPSA) is 38.0 Å². The lowest BCUT2D eigenvalue weighted by Crippen LogP contribution is -2.43. The van der Waals surface area contributed by atoms with Crippen LogP contribution in [0, 0.1) is 0 Å². The van der Waals surface area contributed by atoms with Crippen molar-refractivity contribution in [3.8, 4) is 0 Å². The molecule has 1 aromatic rings. The number of hydrogen-bond donors (Lipinski definition) is 2. The predicted molar refractivity (Wildman–Crippen MR) is 63.4 cm³/mol. The van der Waals surface area contributed by atoms with Gasteiger partial charge in [0, 0.05) is 12.0 Å². The molecule has 3 N–H and O–H groups in total. The Balaban J connectivity index is 2.11. The van der Waals surface area contributed by atoms with Gasteiger partial charge in [0.05, 0.1) is 0 Å². The molecular weight excluding hydrogens is 184 g/mol. The average molecular weight is 202 g/mol. The van der Waals surface area contributed by atoms with E-state index in [1.807, 2.05) is 0 Å². The second kappa shape index (κ2) is 4.17. The quantitative estimate of drug-likeness (QED) is 0.446. The summed E-state index contributed by atoms with van der Waals surface area (Å²) >= 11 is 0. The maximum atomic E-state index is 5.60. The van der Waals surface area contributed by atoms with Gasteiger partial charge in [-0.15, -0.1) is 6.58 Å². The van der Waals surface area contributed by atoms with Crippen molar-refractivity contribution < 1.29 is 0 Å². The van der Waals surface area contributed by atoms with E-state index in [-0.39, 0.29) is 0 Å². The van der Waals surface area contributed by atoms with Crippen LogP contribution in [0.25, 0.3) is 0 Å². The van der Waals surface area contributed by atoms with Crippen LogP contribution in [0.3, 0.4) is 0 Å². The Morgan fingerprint density at radius 2 is 2.33 bits per heavy atom. The molecule has 0 saturated heterocycles. The third kappa shape index (κ3) is 1.96. The van der Waals surface area contributed by atoms with E-state index in [4.69, 9.17) is 5.84 Å². The van der Waals surface area contributed by atoms with E-state index in [1.165, 1.54) is 16.7 Å². The fraction of sp³-hybridized carbons (Fsp3) is 0.385. The highest BCUT2D eigenvalue weighted by atomic mass is 15.2. The van der Waals surface area contributed by atoms with E-state index in [0.717, 1.165) is 12.8 Å². The van der Waals surface area contributed by atoms with Gasteiger partial charge in [-0.2, -0.15) is 0 Å². The Hall–Kier alpha value is -1.12. The Bertz CT molecular complexity index is 371. The molecule has 0 fully saturated rings. The van der Waals surface area contributed by atoms with Crippen molar-refractivity contribution in [3.05, 3.63) is 47.5 Å². The molecule has 2 heteroatoms. The van der Waals surface area contributed by atoms with E-state index >= 15 is 0 Å². The first-order valence-electron chi connectivity index (χ1n) is 5.40. The first kappa shape index (κ1) is 10.4. The Kier molecular flexibility index (Phi) is 2.89. The number of hydrazine groups is 1. The average Bonchev–Trinajstić information content (AvgIpc) is 2.17. The van der Waals surface area contributed by atoms with Gasteiger partial charge in [-0.05, 0) is 30.9 Å². The molecule has 0 radical (unpaired) electrons. The summed E-state index contributed by atoms with van der Waals surface area (Å²) in [5.41, 5.74) is 7.01. The highest BCUT2D eigenvalue weighted by Gasteiger charge is 2.31. The van der Waals surface area contributed by atoms with Crippen molar-refractivity contribution >= 4 is 0 Å². The van der Waals surface area contributed by atoms with Gasteiger partial charge in [0.1, 0.15) is 0 Å². The highest BCUT2D eigenvalue weighted by Crippen LogP contribution is 2.38. The van der Waals surface area contributed by atoms with Crippen LogP contribution in [0.5, 0.6) is 0 Å². The molecular formula is C13H18N2. The Morgan fingerprint density at radius 1 is 1.60 bits per heavy atom. The molecule has 2 rings (SSSR count). The minimum absolute atomic E-state index is 0.331. The van der Waals surface area contributed by atoms with Crippen LogP contribution in [0.1, 0.15) is 30.4 Å². The fourth-order valence-corrected chi connectivity index (χ4v) is 2.35. The van der Waals surface area contributed by atoms with Crippen molar-refractivity contribution in [2.45, 2.75) is 31.7 Å². The molecule has 0 aromatic heterocycles. The van der Waals surface area contributed by atoms with Crippen LogP contribution in [0.15, 0.2) is 36.4 Å². The number of hydrogen-bond acceptors (Lipinski definition) is 2. The number of fused-ring (bicyclic) bond motifs is 1. The molecule has 0 saturated carbocycles. The van der Waals surface area contributed by atoms with Crippen molar-refractivity contribution in [3.63, 3.8) is 0 Å². The largest absolute Gasteiger partial charge is 0.271 e. The normalized spacial score (nSPS) is 20.3. The molecule has 0 aliphatic heterocycles. The Morgan fingerprint density at radius 3 is 2.93 bits per heavy atom. The maximum absolute atomic E-state index is 5.60. The monoisotopic (exact) mass is 202 g/mol. The zero-order valence-electron chi connectivity index (χ0n) is 9.16. The van der Waals surface area contributed by atoms with E-state index < -0.39 is 0 Å². The molecule has 2 unspecified atom stereocenters. The van der Waals surface area contributed by atoms with Crippen LogP contribution in [0.4, 0.5) is 0 Å². The summed E-state index contributed by atoms with van der Waals surface area (Å²) < 4.78 is 0. The van der Waals surface area contributed by atoms with Crippen LogP contribution in [-0.4, -0.2) is 6.04 Å². The van der Waals surface area contributed by atoms with Gasteiger partial charge in [0.2, 0.25) is 0 Å². The fourth-order valence-electron chi connectivity index (χ4n) is 2.35. The third-order valence-corrected chi connectivity index (χ3v) is 3.16. The summed E-state index contributed by atoms with van der Waals surface area (Å²) in [6.07, 6.45) is 2.09. The lowest BCUT2D eigenvalue weighted by molar-refractivity contribution is 0.403. The summed E-state index contributed by atoms with van der Waals surface area (Å²) in [5, 5.41) is 0. The standard InChI is InChI=1S/C13H18N2/c1-9(2)7-13(15-14)12-8-10-5-3-4-6-11(10)12/h3-6,12-13,15H,1,7-8,14H2,2H3. The number of nitrogens with one attached hydrogen (secondary N) is 1. The second-order valence-corrected chi connectivity index (χ2v) is 4.44. The minimum Gasteiger partial charge on any atom is -0.271 e. The second-order valence-electron chi connectivity index (χ2n) is 4.44. The van der Waals surface area contributed by atoms with E-state index in [0.29, 0.717) is 12.0 Å². The molecule has 80 valence electrons. The number of benzene rings is 1. The third-order valence-electron chi connectivity index (χ3n) is 3.16. The van der Waals surface area contributed by atoms with E-state index in [9.17, 15) is 0 Å². The predicted octanol–water partition coefficient (Wildman–Crippen LogP) is 2.12. The summed E-state index contributed by atoms with van der Waals surface area (Å²) in [7, 11) is 0. The van der Waals surface area contributed by atoms with Crippen molar-refractivity contribution in [2.24, 2.45) is 5.84 Å². The van der Waals surface area contributed by atoms with Gasteiger partial charge in [-0.25, -0.2) is 0 Å². The lowest BCUT2D eigenvalue weighted by atomic mass is 9.72. The molecule has 1 aromatic carbocycles. The summed E-state index contributed by atoms with van der Waals surface area (Å²) in [6.45, 7) is 5.99. The summed E-state index contributed by atoms with van der Waals surface area (Å²) in [6, 6.07) is 8.92. The molecule has 2 nitrogen and oxygen atoms in total.